The van der Waals surface area contributed by atoms with Crippen molar-refractivity contribution in [1.82, 2.24) is 0 Å². The molecule has 4 unspecified atom stereocenters. The van der Waals surface area contributed by atoms with Gasteiger partial charge in [-0.05, 0) is 37.5 Å². The first-order valence-electron chi connectivity index (χ1n) is 6.78. The van der Waals surface area contributed by atoms with Crippen molar-refractivity contribution in [1.29, 1.82) is 0 Å². The lowest BCUT2D eigenvalue weighted by atomic mass is 9.80. The number of hydrogen-bond donors (Lipinski definition) is 2. The zero-order valence-corrected chi connectivity index (χ0v) is 11.8. The van der Waals surface area contributed by atoms with Gasteiger partial charge in [0.15, 0.2) is 0 Å². The van der Waals surface area contributed by atoms with E-state index in [9.17, 15) is 9.59 Å². The molecule has 0 aliphatic carbocycles. The van der Waals surface area contributed by atoms with Gasteiger partial charge in [0.2, 0.25) is 0 Å². The quantitative estimate of drug-likeness (QED) is 0.665. The standard InChI is InChI=1S/C14H26O4/c1-5-11(13(15)16)7-9(3)10(4)8-12(6-2)14(17)18/h9-12H,5-8H2,1-4H3,(H,15,16)(H,17,18). The second-order valence-electron chi connectivity index (χ2n) is 5.31. The van der Waals surface area contributed by atoms with Crippen molar-refractivity contribution in [3.8, 4) is 0 Å². The lowest BCUT2D eigenvalue weighted by Crippen LogP contribution is -2.23. The first-order chi connectivity index (χ1) is 8.33. The van der Waals surface area contributed by atoms with Gasteiger partial charge in [0.05, 0.1) is 11.8 Å². The predicted octanol–water partition coefficient (Wildman–Crippen LogP) is 3.26. The Morgan fingerprint density at radius 2 is 1.11 bits per heavy atom. The first kappa shape index (κ1) is 16.9. The maximum Gasteiger partial charge on any atom is 0.306 e. The molecule has 2 N–H and O–H groups in total. The van der Waals surface area contributed by atoms with Crippen LogP contribution in [0.25, 0.3) is 0 Å². The highest BCUT2D eigenvalue weighted by Gasteiger charge is 2.25. The smallest absolute Gasteiger partial charge is 0.306 e. The predicted molar refractivity (Wildman–Crippen MR) is 70.4 cm³/mol. The normalized spacial score (nSPS) is 17.8. The van der Waals surface area contributed by atoms with Gasteiger partial charge >= 0.3 is 11.9 Å². The SMILES string of the molecule is CCC(CC(C)C(C)CC(CC)C(=O)O)C(=O)O. The minimum atomic E-state index is -0.748. The van der Waals surface area contributed by atoms with Crippen molar-refractivity contribution in [2.24, 2.45) is 23.7 Å². The van der Waals surface area contributed by atoms with E-state index in [0.29, 0.717) is 25.7 Å². The first-order valence-corrected chi connectivity index (χ1v) is 6.78. The van der Waals surface area contributed by atoms with Gasteiger partial charge < -0.3 is 10.2 Å². The summed E-state index contributed by atoms with van der Waals surface area (Å²) in [6.07, 6.45) is 2.51. The molecule has 0 heterocycles. The molecule has 0 spiro atoms. The fraction of sp³-hybridized carbons (Fsp3) is 0.857. The topological polar surface area (TPSA) is 74.6 Å². The number of carboxylic acids is 2. The summed E-state index contributed by atoms with van der Waals surface area (Å²) < 4.78 is 0. The number of rotatable bonds is 9. The number of aliphatic carboxylic acids is 2. The van der Waals surface area contributed by atoms with E-state index in [1.807, 2.05) is 27.7 Å². The van der Waals surface area contributed by atoms with Crippen LogP contribution in [0.15, 0.2) is 0 Å². The largest absolute Gasteiger partial charge is 0.481 e. The molecule has 4 heteroatoms. The van der Waals surface area contributed by atoms with E-state index in [1.165, 1.54) is 0 Å². The Bertz CT molecular complexity index is 247. The molecule has 0 bridgehead atoms. The summed E-state index contributed by atoms with van der Waals surface area (Å²) in [5.74, 6) is -1.65. The Morgan fingerprint density at radius 1 is 0.833 bits per heavy atom. The molecule has 0 radical (unpaired) electrons. The van der Waals surface area contributed by atoms with Crippen LogP contribution in [0, 0.1) is 23.7 Å². The highest BCUT2D eigenvalue weighted by molar-refractivity contribution is 5.70. The highest BCUT2D eigenvalue weighted by atomic mass is 16.4. The zero-order valence-electron chi connectivity index (χ0n) is 11.8. The Labute approximate surface area is 109 Å². The molecule has 0 fully saturated rings. The molecule has 0 aromatic rings. The van der Waals surface area contributed by atoms with Crippen molar-refractivity contribution < 1.29 is 19.8 Å². The van der Waals surface area contributed by atoms with Crippen LogP contribution in [0.4, 0.5) is 0 Å². The van der Waals surface area contributed by atoms with E-state index in [0.717, 1.165) is 0 Å². The second-order valence-corrected chi connectivity index (χ2v) is 5.31. The van der Waals surface area contributed by atoms with Crippen LogP contribution in [0.1, 0.15) is 53.4 Å². The van der Waals surface area contributed by atoms with E-state index >= 15 is 0 Å². The van der Waals surface area contributed by atoms with Crippen LogP contribution in [-0.4, -0.2) is 22.2 Å². The summed E-state index contributed by atoms with van der Waals surface area (Å²) in [4.78, 5) is 22.0. The lowest BCUT2D eigenvalue weighted by molar-refractivity contribution is -0.144. The summed E-state index contributed by atoms with van der Waals surface area (Å²) >= 11 is 0. The second kappa shape index (κ2) is 8.11. The molecular formula is C14H26O4. The lowest BCUT2D eigenvalue weighted by Gasteiger charge is -2.24. The highest BCUT2D eigenvalue weighted by Crippen LogP contribution is 2.28. The van der Waals surface area contributed by atoms with Crippen LogP contribution >= 0.6 is 0 Å². The minimum Gasteiger partial charge on any atom is -0.481 e. The van der Waals surface area contributed by atoms with Crippen molar-refractivity contribution >= 4 is 11.9 Å². The van der Waals surface area contributed by atoms with Gasteiger partial charge in [0.25, 0.3) is 0 Å². The fourth-order valence-corrected chi connectivity index (χ4v) is 2.25. The summed E-state index contributed by atoms with van der Waals surface area (Å²) in [5, 5.41) is 18.1. The minimum absolute atomic E-state index is 0.236. The van der Waals surface area contributed by atoms with Gasteiger partial charge in [-0.15, -0.1) is 0 Å². The molecule has 0 aliphatic rings. The Kier molecular flexibility index (Phi) is 7.64. The van der Waals surface area contributed by atoms with Gasteiger partial charge in [-0.2, -0.15) is 0 Å². The summed E-state index contributed by atoms with van der Waals surface area (Å²) in [5.41, 5.74) is 0. The van der Waals surface area contributed by atoms with Crippen LogP contribution in [0.3, 0.4) is 0 Å². The maximum absolute atomic E-state index is 11.0. The maximum atomic E-state index is 11.0. The van der Waals surface area contributed by atoms with Gasteiger partial charge in [-0.25, -0.2) is 0 Å². The molecule has 0 aromatic carbocycles. The zero-order chi connectivity index (χ0) is 14.3. The Hall–Kier alpha value is -1.06. The van der Waals surface area contributed by atoms with Gasteiger partial charge in [0.1, 0.15) is 0 Å². The van der Waals surface area contributed by atoms with E-state index in [4.69, 9.17) is 10.2 Å². The number of hydrogen-bond acceptors (Lipinski definition) is 2. The fourth-order valence-electron chi connectivity index (χ4n) is 2.25. The summed E-state index contributed by atoms with van der Waals surface area (Å²) in [6, 6.07) is 0. The van der Waals surface area contributed by atoms with E-state index in [1.54, 1.807) is 0 Å². The van der Waals surface area contributed by atoms with Crippen molar-refractivity contribution in [2.75, 3.05) is 0 Å². The number of carboxylic acid groups (broad SMARTS) is 2. The van der Waals surface area contributed by atoms with E-state index in [2.05, 4.69) is 0 Å². The Balaban J connectivity index is 4.36. The average molecular weight is 258 g/mol. The molecule has 4 atom stereocenters. The van der Waals surface area contributed by atoms with E-state index < -0.39 is 11.9 Å². The number of carbonyl (C=O) groups is 2. The molecule has 18 heavy (non-hydrogen) atoms. The van der Waals surface area contributed by atoms with Gasteiger partial charge in [-0.1, -0.05) is 27.7 Å². The molecule has 106 valence electrons. The Morgan fingerprint density at radius 3 is 1.28 bits per heavy atom. The average Bonchev–Trinajstić information content (AvgIpc) is 2.31. The molecule has 0 aliphatic heterocycles. The molecule has 0 aromatic heterocycles. The van der Waals surface area contributed by atoms with Gasteiger partial charge in [-0.3, -0.25) is 9.59 Å². The van der Waals surface area contributed by atoms with Crippen molar-refractivity contribution in [3.05, 3.63) is 0 Å². The molecule has 0 saturated carbocycles. The molecule has 0 rings (SSSR count). The molecule has 4 nitrogen and oxygen atoms in total. The summed E-state index contributed by atoms with van der Waals surface area (Å²) in [6.45, 7) is 7.79. The van der Waals surface area contributed by atoms with Crippen LogP contribution in [0.5, 0.6) is 0 Å². The third-order valence-corrected chi connectivity index (χ3v) is 3.97. The molecular weight excluding hydrogens is 232 g/mol. The van der Waals surface area contributed by atoms with Crippen LogP contribution in [0.2, 0.25) is 0 Å². The third-order valence-electron chi connectivity index (χ3n) is 3.97. The molecule has 0 amide bonds. The van der Waals surface area contributed by atoms with Gasteiger partial charge in [0, 0.05) is 0 Å². The van der Waals surface area contributed by atoms with Crippen LogP contribution < -0.4 is 0 Å². The molecule has 0 saturated heterocycles. The van der Waals surface area contributed by atoms with Crippen molar-refractivity contribution in [3.63, 3.8) is 0 Å². The van der Waals surface area contributed by atoms with Crippen LogP contribution in [-0.2, 0) is 9.59 Å². The van der Waals surface area contributed by atoms with Crippen molar-refractivity contribution in [2.45, 2.75) is 53.4 Å². The van der Waals surface area contributed by atoms with E-state index in [-0.39, 0.29) is 23.7 Å². The third kappa shape index (κ3) is 5.52. The monoisotopic (exact) mass is 258 g/mol. The summed E-state index contributed by atoms with van der Waals surface area (Å²) in [7, 11) is 0.